The highest BCUT2D eigenvalue weighted by atomic mass is 16.5. The zero-order valence-corrected chi connectivity index (χ0v) is 12.4. The van der Waals surface area contributed by atoms with E-state index < -0.39 is 0 Å². The molecule has 114 valence electrons. The molecule has 0 saturated carbocycles. The molecule has 0 amide bonds. The molecular weight excluding hydrogens is 276 g/mol. The second-order valence-corrected chi connectivity index (χ2v) is 5.45. The molecule has 2 aromatic carbocycles. The van der Waals surface area contributed by atoms with Crippen molar-refractivity contribution < 1.29 is 9.53 Å². The molecule has 2 N–H and O–H groups in total. The molecule has 4 heteroatoms. The van der Waals surface area contributed by atoms with Crippen LogP contribution < -0.4 is 10.6 Å². The van der Waals surface area contributed by atoms with E-state index in [0.29, 0.717) is 13.2 Å². The van der Waals surface area contributed by atoms with Crippen LogP contribution in [0.2, 0.25) is 0 Å². The van der Waals surface area contributed by atoms with E-state index in [-0.39, 0.29) is 18.1 Å². The smallest absolute Gasteiger partial charge is 0.324 e. The largest absolute Gasteiger partial charge is 0.463 e. The second-order valence-electron chi connectivity index (χ2n) is 5.45. The van der Waals surface area contributed by atoms with Gasteiger partial charge in [-0.25, -0.2) is 0 Å². The minimum atomic E-state index is -0.302. The Morgan fingerprint density at radius 2 is 1.41 bits per heavy atom. The normalized spacial score (nSPS) is 20.8. The topological polar surface area (TPSA) is 50.4 Å². The average molecular weight is 296 g/mol. The number of carbonyl (C=O) groups is 1. The third-order valence-electron chi connectivity index (χ3n) is 3.84. The summed E-state index contributed by atoms with van der Waals surface area (Å²) in [5, 5.41) is 6.70. The van der Waals surface area contributed by atoms with Crippen LogP contribution in [0.3, 0.4) is 0 Å². The number of esters is 1. The fourth-order valence-electron chi connectivity index (χ4n) is 2.59. The van der Waals surface area contributed by atoms with Gasteiger partial charge in [0.05, 0.1) is 6.04 Å². The molecule has 3 rings (SSSR count). The van der Waals surface area contributed by atoms with E-state index in [1.54, 1.807) is 0 Å². The highest BCUT2D eigenvalue weighted by molar-refractivity contribution is 5.79. The van der Waals surface area contributed by atoms with Crippen LogP contribution in [0.25, 0.3) is 0 Å². The first kappa shape index (κ1) is 14.8. The maximum absolute atomic E-state index is 11.9. The Balaban J connectivity index is 1.55. The molecule has 0 spiro atoms. The van der Waals surface area contributed by atoms with Crippen molar-refractivity contribution >= 4 is 5.97 Å². The molecule has 1 aliphatic rings. The number of rotatable bonds is 6. The maximum Gasteiger partial charge on any atom is 0.324 e. The molecule has 0 unspecified atom stereocenters. The second kappa shape index (κ2) is 7.20. The first-order chi connectivity index (χ1) is 10.8. The van der Waals surface area contributed by atoms with Gasteiger partial charge in [0.15, 0.2) is 0 Å². The predicted octanol–water partition coefficient (Wildman–Crippen LogP) is 1.86. The molecule has 1 aliphatic heterocycles. The Bertz CT molecular complexity index is 601. The van der Waals surface area contributed by atoms with Crippen LogP contribution in [0.4, 0.5) is 0 Å². The van der Waals surface area contributed by atoms with Crippen LogP contribution >= 0.6 is 0 Å². The number of cyclic esters (lactones) is 1. The lowest BCUT2D eigenvalue weighted by Gasteiger charge is -2.18. The van der Waals surface area contributed by atoms with Gasteiger partial charge in [-0.2, -0.15) is 0 Å². The van der Waals surface area contributed by atoms with Gasteiger partial charge in [0, 0.05) is 13.1 Å². The maximum atomic E-state index is 11.9. The van der Waals surface area contributed by atoms with Gasteiger partial charge in [-0.05, 0) is 11.1 Å². The lowest BCUT2D eigenvalue weighted by atomic mass is 10.1. The summed E-state index contributed by atoms with van der Waals surface area (Å²) in [6, 6.07) is 19.9. The van der Waals surface area contributed by atoms with E-state index in [4.69, 9.17) is 4.74 Å². The number of ether oxygens (including phenoxy) is 1. The lowest BCUT2D eigenvalue weighted by Crippen LogP contribution is -2.48. The Morgan fingerprint density at radius 3 is 2.00 bits per heavy atom. The monoisotopic (exact) mass is 296 g/mol. The van der Waals surface area contributed by atoms with Crippen molar-refractivity contribution in [1.29, 1.82) is 0 Å². The zero-order valence-electron chi connectivity index (χ0n) is 12.4. The number of benzene rings is 2. The number of hydrogen-bond acceptors (Lipinski definition) is 4. The van der Waals surface area contributed by atoms with Crippen LogP contribution in [0, 0.1) is 0 Å². The highest BCUT2D eigenvalue weighted by Crippen LogP contribution is 2.10. The summed E-state index contributed by atoms with van der Waals surface area (Å²) < 4.78 is 5.19. The molecule has 1 fully saturated rings. The Labute approximate surface area is 130 Å². The SMILES string of the molecule is O=C1OC[C@H](NCc2ccccc2)[C@@H]1NCc1ccccc1. The molecule has 1 heterocycles. The third kappa shape index (κ3) is 3.72. The molecular formula is C18H20N2O2. The lowest BCUT2D eigenvalue weighted by molar-refractivity contribution is -0.139. The van der Waals surface area contributed by atoms with Crippen molar-refractivity contribution in [2.24, 2.45) is 0 Å². The van der Waals surface area contributed by atoms with Crippen LogP contribution in [-0.2, 0) is 22.6 Å². The van der Waals surface area contributed by atoms with Gasteiger partial charge in [-0.1, -0.05) is 60.7 Å². The molecule has 2 aromatic rings. The van der Waals surface area contributed by atoms with Gasteiger partial charge < -0.3 is 10.1 Å². The van der Waals surface area contributed by atoms with Crippen molar-refractivity contribution in [3.8, 4) is 0 Å². The molecule has 0 radical (unpaired) electrons. The standard InChI is InChI=1S/C18H20N2O2/c21-18-17(20-12-15-9-5-2-6-10-15)16(13-22-18)19-11-14-7-3-1-4-8-14/h1-10,16-17,19-20H,11-13H2/t16-,17-/m0/s1. The van der Waals surface area contributed by atoms with Crippen LogP contribution in [0.15, 0.2) is 60.7 Å². The van der Waals surface area contributed by atoms with Crippen molar-refractivity contribution in [1.82, 2.24) is 10.6 Å². The van der Waals surface area contributed by atoms with Crippen LogP contribution in [0.5, 0.6) is 0 Å². The van der Waals surface area contributed by atoms with Gasteiger partial charge in [0.2, 0.25) is 0 Å². The summed E-state index contributed by atoms with van der Waals surface area (Å²) in [5.41, 5.74) is 2.35. The summed E-state index contributed by atoms with van der Waals surface area (Å²) in [5.74, 6) is -0.179. The molecule has 0 bridgehead atoms. The van der Waals surface area contributed by atoms with E-state index in [1.165, 1.54) is 5.56 Å². The van der Waals surface area contributed by atoms with Crippen LogP contribution in [0.1, 0.15) is 11.1 Å². The minimum Gasteiger partial charge on any atom is -0.463 e. The van der Waals surface area contributed by atoms with Gasteiger partial charge in [0.25, 0.3) is 0 Å². The third-order valence-corrected chi connectivity index (χ3v) is 3.84. The number of carbonyl (C=O) groups excluding carboxylic acids is 1. The average Bonchev–Trinajstić information content (AvgIpc) is 2.93. The molecule has 0 aliphatic carbocycles. The Hall–Kier alpha value is -2.17. The molecule has 1 saturated heterocycles. The summed E-state index contributed by atoms with van der Waals surface area (Å²) >= 11 is 0. The van der Waals surface area contributed by atoms with Gasteiger partial charge in [-0.15, -0.1) is 0 Å². The zero-order chi connectivity index (χ0) is 15.2. The van der Waals surface area contributed by atoms with Gasteiger partial charge in [0.1, 0.15) is 12.6 Å². The van der Waals surface area contributed by atoms with Gasteiger partial charge in [-0.3, -0.25) is 10.1 Å². The Kier molecular flexibility index (Phi) is 4.83. The summed E-state index contributed by atoms with van der Waals surface area (Å²) in [4.78, 5) is 11.9. The van der Waals surface area contributed by atoms with Crippen molar-refractivity contribution in [3.05, 3.63) is 71.8 Å². The Morgan fingerprint density at radius 1 is 0.864 bits per heavy atom. The van der Waals surface area contributed by atoms with Crippen molar-refractivity contribution in [2.75, 3.05) is 6.61 Å². The van der Waals surface area contributed by atoms with Crippen molar-refractivity contribution in [3.63, 3.8) is 0 Å². The summed E-state index contributed by atoms with van der Waals surface area (Å²) in [6.45, 7) is 1.80. The number of nitrogens with one attached hydrogen (secondary N) is 2. The molecule has 22 heavy (non-hydrogen) atoms. The van der Waals surface area contributed by atoms with E-state index in [2.05, 4.69) is 22.8 Å². The first-order valence-corrected chi connectivity index (χ1v) is 7.54. The minimum absolute atomic E-state index is 0.00332. The van der Waals surface area contributed by atoms with E-state index in [0.717, 1.165) is 12.1 Å². The number of hydrogen-bond donors (Lipinski definition) is 2. The van der Waals surface area contributed by atoms with E-state index >= 15 is 0 Å². The van der Waals surface area contributed by atoms with Gasteiger partial charge >= 0.3 is 5.97 Å². The highest BCUT2D eigenvalue weighted by Gasteiger charge is 2.36. The summed E-state index contributed by atoms with van der Waals surface area (Å²) in [7, 11) is 0. The van der Waals surface area contributed by atoms with E-state index in [9.17, 15) is 4.79 Å². The van der Waals surface area contributed by atoms with Crippen molar-refractivity contribution in [2.45, 2.75) is 25.2 Å². The fraction of sp³-hybridized carbons (Fsp3) is 0.278. The predicted molar refractivity (Wildman–Crippen MR) is 85.1 cm³/mol. The quantitative estimate of drug-likeness (QED) is 0.799. The fourth-order valence-corrected chi connectivity index (χ4v) is 2.59. The molecule has 2 atom stereocenters. The van der Waals surface area contributed by atoms with Crippen LogP contribution in [-0.4, -0.2) is 24.7 Å². The molecule has 0 aromatic heterocycles. The van der Waals surface area contributed by atoms with E-state index in [1.807, 2.05) is 48.5 Å². The summed E-state index contributed by atoms with van der Waals surface area (Å²) in [6.07, 6.45) is 0. The first-order valence-electron chi connectivity index (χ1n) is 7.54. The molecule has 4 nitrogen and oxygen atoms in total.